The zero-order chi connectivity index (χ0) is 20.3. The summed E-state index contributed by atoms with van der Waals surface area (Å²) in [5.74, 6) is -1.58. The Kier molecular flexibility index (Phi) is 5.49. The SMILES string of the molecule is COC(=O)c1c(-c2ccc(C(F)F)cc2)nn(-c2ccccc2)c1C(=O)OC. The number of halogens is 2. The molecule has 144 valence electrons. The van der Waals surface area contributed by atoms with Crippen molar-refractivity contribution in [3.05, 3.63) is 71.4 Å². The maximum Gasteiger partial charge on any atom is 0.357 e. The second-order valence-corrected chi connectivity index (χ2v) is 5.73. The number of carbonyl (C=O) groups excluding carboxylic acids is 2. The number of methoxy groups -OCH3 is 2. The predicted octanol–water partition coefficient (Wildman–Crippen LogP) is 4.05. The van der Waals surface area contributed by atoms with E-state index in [1.165, 1.54) is 43.2 Å². The molecule has 0 N–H and O–H groups in total. The summed E-state index contributed by atoms with van der Waals surface area (Å²) in [7, 11) is 2.36. The number of carbonyl (C=O) groups is 2. The molecule has 8 heteroatoms. The molecule has 0 aliphatic rings. The Morgan fingerprint density at radius 2 is 1.54 bits per heavy atom. The second-order valence-electron chi connectivity index (χ2n) is 5.73. The van der Waals surface area contributed by atoms with Gasteiger partial charge >= 0.3 is 11.9 Å². The molecule has 28 heavy (non-hydrogen) atoms. The summed E-state index contributed by atoms with van der Waals surface area (Å²) < 4.78 is 36.6. The third-order valence-electron chi connectivity index (χ3n) is 4.09. The molecule has 0 aliphatic heterocycles. The van der Waals surface area contributed by atoms with E-state index < -0.39 is 18.4 Å². The first-order valence-electron chi connectivity index (χ1n) is 8.21. The number of rotatable bonds is 5. The Balaban J connectivity index is 2.28. The highest BCUT2D eigenvalue weighted by Crippen LogP contribution is 2.30. The average molecular weight is 386 g/mol. The molecule has 3 aromatic rings. The number of aromatic nitrogens is 2. The summed E-state index contributed by atoms with van der Waals surface area (Å²) in [5.41, 5.74) is 0.626. The van der Waals surface area contributed by atoms with E-state index >= 15 is 0 Å². The van der Waals surface area contributed by atoms with Gasteiger partial charge in [-0.25, -0.2) is 23.1 Å². The van der Waals surface area contributed by atoms with Crippen LogP contribution in [0.3, 0.4) is 0 Å². The van der Waals surface area contributed by atoms with E-state index in [9.17, 15) is 18.4 Å². The first-order chi connectivity index (χ1) is 13.5. The Labute approximate surface area is 159 Å². The third kappa shape index (κ3) is 3.48. The summed E-state index contributed by atoms with van der Waals surface area (Å²) >= 11 is 0. The van der Waals surface area contributed by atoms with Gasteiger partial charge in [0.1, 0.15) is 11.3 Å². The number of esters is 2. The van der Waals surface area contributed by atoms with Gasteiger partial charge in [0, 0.05) is 11.1 Å². The normalized spacial score (nSPS) is 10.8. The molecule has 6 nitrogen and oxygen atoms in total. The summed E-state index contributed by atoms with van der Waals surface area (Å²) in [6.45, 7) is 0. The van der Waals surface area contributed by atoms with Crippen LogP contribution in [-0.2, 0) is 9.47 Å². The van der Waals surface area contributed by atoms with Crippen LogP contribution >= 0.6 is 0 Å². The third-order valence-corrected chi connectivity index (χ3v) is 4.09. The van der Waals surface area contributed by atoms with E-state index in [0.29, 0.717) is 11.3 Å². The lowest BCUT2D eigenvalue weighted by Crippen LogP contribution is -2.15. The quantitative estimate of drug-likeness (QED) is 0.619. The minimum absolute atomic E-state index is 0.108. The van der Waals surface area contributed by atoms with E-state index in [4.69, 9.17) is 9.47 Å². The Morgan fingerprint density at radius 3 is 2.07 bits per heavy atom. The van der Waals surface area contributed by atoms with Crippen LogP contribution in [0.4, 0.5) is 8.78 Å². The van der Waals surface area contributed by atoms with Crippen molar-refractivity contribution in [2.75, 3.05) is 14.2 Å². The van der Waals surface area contributed by atoms with Gasteiger partial charge in [-0.2, -0.15) is 5.10 Å². The summed E-state index contributed by atoms with van der Waals surface area (Å²) in [4.78, 5) is 24.9. The molecular formula is C20H16F2N2O4. The van der Waals surface area contributed by atoms with Gasteiger partial charge in [0.25, 0.3) is 6.43 Å². The van der Waals surface area contributed by atoms with Gasteiger partial charge in [0.05, 0.1) is 19.9 Å². The lowest BCUT2D eigenvalue weighted by atomic mass is 10.0. The number of nitrogens with zero attached hydrogens (tertiary/aromatic N) is 2. The second kappa shape index (κ2) is 7.99. The summed E-state index contributed by atoms with van der Waals surface area (Å²) in [6, 6.07) is 14.0. The van der Waals surface area contributed by atoms with Gasteiger partial charge in [-0.05, 0) is 12.1 Å². The van der Waals surface area contributed by atoms with Gasteiger partial charge in [-0.15, -0.1) is 0 Å². The van der Waals surface area contributed by atoms with E-state index in [1.54, 1.807) is 30.3 Å². The van der Waals surface area contributed by atoms with E-state index in [1.807, 2.05) is 0 Å². The van der Waals surface area contributed by atoms with E-state index in [0.717, 1.165) is 0 Å². The monoisotopic (exact) mass is 386 g/mol. The Morgan fingerprint density at radius 1 is 0.929 bits per heavy atom. The number of benzene rings is 2. The van der Waals surface area contributed by atoms with Crippen LogP contribution in [0.1, 0.15) is 32.8 Å². The molecule has 2 aromatic carbocycles. The fraction of sp³-hybridized carbons (Fsp3) is 0.150. The molecule has 0 spiro atoms. The van der Waals surface area contributed by atoms with E-state index in [-0.39, 0.29) is 22.5 Å². The maximum absolute atomic E-state index is 12.8. The molecule has 0 bridgehead atoms. The fourth-order valence-electron chi connectivity index (χ4n) is 2.74. The summed E-state index contributed by atoms with van der Waals surface area (Å²) in [6.07, 6.45) is -2.62. The molecule has 1 heterocycles. The zero-order valence-electron chi connectivity index (χ0n) is 15.1. The van der Waals surface area contributed by atoms with Crippen LogP contribution in [0.25, 0.3) is 16.9 Å². The van der Waals surface area contributed by atoms with Gasteiger partial charge in [-0.1, -0.05) is 42.5 Å². The molecular weight excluding hydrogens is 370 g/mol. The van der Waals surface area contributed by atoms with Gasteiger partial charge in [-0.3, -0.25) is 0 Å². The Bertz CT molecular complexity index is 999. The van der Waals surface area contributed by atoms with Gasteiger partial charge in [0.15, 0.2) is 5.69 Å². The number of alkyl halides is 2. The highest BCUT2D eigenvalue weighted by molar-refractivity contribution is 6.06. The number of hydrogen-bond donors (Lipinski definition) is 0. The van der Waals surface area contributed by atoms with Crippen LogP contribution in [-0.4, -0.2) is 35.9 Å². The molecule has 3 rings (SSSR count). The largest absolute Gasteiger partial charge is 0.465 e. The lowest BCUT2D eigenvalue weighted by Gasteiger charge is -2.07. The van der Waals surface area contributed by atoms with Crippen molar-refractivity contribution in [3.8, 4) is 16.9 Å². The standard InChI is InChI=1S/C20H16F2N2O4/c1-27-19(25)15-16(12-8-10-13(11-9-12)18(21)22)23-24(17(15)20(26)28-2)14-6-4-3-5-7-14/h3-11,18H,1-2H3. The maximum atomic E-state index is 12.8. The highest BCUT2D eigenvalue weighted by atomic mass is 19.3. The molecule has 0 radical (unpaired) electrons. The topological polar surface area (TPSA) is 70.4 Å². The van der Waals surface area contributed by atoms with E-state index in [2.05, 4.69) is 5.10 Å². The van der Waals surface area contributed by atoms with Gasteiger partial charge in [0.2, 0.25) is 0 Å². The van der Waals surface area contributed by atoms with Crippen molar-refractivity contribution in [1.29, 1.82) is 0 Å². The van der Waals surface area contributed by atoms with Crippen molar-refractivity contribution >= 4 is 11.9 Å². The van der Waals surface area contributed by atoms with Crippen molar-refractivity contribution in [3.63, 3.8) is 0 Å². The minimum atomic E-state index is -2.62. The minimum Gasteiger partial charge on any atom is -0.465 e. The molecule has 0 saturated heterocycles. The Hall–Kier alpha value is -3.55. The van der Waals surface area contributed by atoms with Crippen LogP contribution < -0.4 is 0 Å². The fourth-order valence-corrected chi connectivity index (χ4v) is 2.74. The number of ether oxygens (including phenoxy) is 2. The summed E-state index contributed by atoms with van der Waals surface area (Å²) in [5, 5.41) is 4.39. The molecule has 0 saturated carbocycles. The molecule has 0 unspecified atom stereocenters. The lowest BCUT2D eigenvalue weighted by molar-refractivity contribution is 0.0549. The number of hydrogen-bond acceptors (Lipinski definition) is 5. The predicted molar refractivity (Wildman–Crippen MR) is 96.6 cm³/mol. The highest BCUT2D eigenvalue weighted by Gasteiger charge is 2.31. The molecule has 0 amide bonds. The molecule has 0 atom stereocenters. The van der Waals surface area contributed by atoms with Crippen molar-refractivity contribution < 1.29 is 27.8 Å². The van der Waals surface area contributed by atoms with Crippen LogP contribution in [0, 0.1) is 0 Å². The molecule has 0 aliphatic carbocycles. The average Bonchev–Trinajstić information content (AvgIpc) is 3.14. The zero-order valence-corrected chi connectivity index (χ0v) is 15.1. The van der Waals surface area contributed by atoms with Crippen LogP contribution in [0.2, 0.25) is 0 Å². The molecule has 0 fully saturated rings. The first-order valence-corrected chi connectivity index (χ1v) is 8.21. The van der Waals surface area contributed by atoms with Gasteiger partial charge < -0.3 is 9.47 Å². The number of para-hydroxylation sites is 1. The smallest absolute Gasteiger partial charge is 0.357 e. The van der Waals surface area contributed by atoms with Crippen LogP contribution in [0.15, 0.2) is 54.6 Å². The van der Waals surface area contributed by atoms with Crippen molar-refractivity contribution in [2.45, 2.75) is 6.43 Å². The van der Waals surface area contributed by atoms with Crippen molar-refractivity contribution in [2.24, 2.45) is 0 Å². The molecule has 1 aromatic heterocycles. The first kappa shape index (κ1) is 19.2. The van der Waals surface area contributed by atoms with Crippen LogP contribution in [0.5, 0.6) is 0 Å². The van der Waals surface area contributed by atoms with Crippen molar-refractivity contribution in [1.82, 2.24) is 9.78 Å².